The molecule has 0 aliphatic rings. The molecule has 2 aromatic carbocycles. The molecule has 4 rings (SSSR count). The van der Waals surface area contributed by atoms with Gasteiger partial charge in [0.1, 0.15) is 23.6 Å². The highest BCUT2D eigenvalue weighted by Gasteiger charge is 2.30. The number of hydrogen-bond donors (Lipinski definition) is 2. The molecule has 234 valence electrons. The van der Waals surface area contributed by atoms with Crippen LogP contribution in [-0.4, -0.2) is 66.1 Å². The highest BCUT2D eigenvalue weighted by atomic mass is 19.1. The standard InChI is InChI=1S/C19H17FN6O6.C7H5NO5/c1-3-19(30-2,8-9-25-11-22-14-15(21)23-17(20)24-16(14)25)10-31-18(27)32-13-6-4-12(5-7-13)26(28)29;9-7(10)13-6-3-1-5(2-4-6)8(11)12/h1,4-7,11H,8-10H2,2H3,(H2,21,23,24);1-4H,(H,9,10). The largest absolute Gasteiger partial charge is 0.513 e. The molecule has 0 aliphatic carbocycles. The number of terminal acetylenes is 1. The molecule has 2 aromatic heterocycles. The minimum atomic E-state index is -1.45. The number of halogens is 1. The number of hydrogen-bond acceptors (Lipinski definition) is 14. The Balaban J connectivity index is 0.000000355. The third-order valence-corrected chi connectivity index (χ3v) is 5.80. The molecule has 0 bridgehead atoms. The molecule has 18 nitrogen and oxygen atoms in total. The van der Waals surface area contributed by atoms with Gasteiger partial charge in [-0.3, -0.25) is 20.2 Å². The Morgan fingerprint density at radius 3 is 2.09 bits per heavy atom. The Morgan fingerprint density at radius 1 is 1.04 bits per heavy atom. The number of benzene rings is 2. The first-order valence-electron chi connectivity index (χ1n) is 12.3. The van der Waals surface area contributed by atoms with Gasteiger partial charge in [0.25, 0.3) is 11.4 Å². The highest BCUT2D eigenvalue weighted by Crippen LogP contribution is 2.22. The molecule has 0 saturated heterocycles. The first-order valence-corrected chi connectivity index (χ1v) is 12.3. The van der Waals surface area contributed by atoms with E-state index in [0.29, 0.717) is 0 Å². The van der Waals surface area contributed by atoms with Crippen molar-refractivity contribution in [2.45, 2.75) is 18.6 Å². The van der Waals surface area contributed by atoms with E-state index in [1.807, 2.05) is 0 Å². The predicted molar refractivity (Wildman–Crippen MR) is 150 cm³/mol. The van der Waals surface area contributed by atoms with Crippen LogP contribution in [0, 0.1) is 38.7 Å². The maximum atomic E-state index is 13.5. The summed E-state index contributed by atoms with van der Waals surface area (Å²) in [6.07, 6.45) is 3.62. The summed E-state index contributed by atoms with van der Waals surface area (Å²) in [5.74, 6) is 2.45. The Kier molecular flexibility index (Phi) is 10.8. The molecule has 0 aliphatic heterocycles. The fraction of sp³-hybridized carbons (Fsp3) is 0.192. The number of nitrogens with zero attached hydrogens (tertiary/aromatic N) is 6. The van der Waals surface area contributed by atoms with Crippen LogP contribution in [0.25, 0.3) is 11.2 Å². The molecule has 1 atom stereocenters. The van der Waals surface area contributed by atoms with Crippen LogP contribution in [0.4, 0.5) is 31.2 Å². The third-order valence-electron chi connectivity index (χ3n) is 5.80. The zero-order valence-corrected chi connectivity index (χ0v) is 23.1. The van der Waals surface area contributed by atoms with E-state index in [4.69, 9.17) is 31.5 Å². The molecule has 3 N–H and O–H groups in total. The lowest BCUT2D eigenvalue weighted by Crippen LogP contribution is -2.38. The highest BCUT2D eigenvalue weighted by molar-refractivity contribution is 5.81. The van der Waals surface area contributed by atoms with Crippen LogP contribution in [0.2, 0.25) is 0 Å². The maximum absolute atomic E-state index is 13.5. The lowest BCUT2D eigenvalue weighted by Gasteiger charge is -2.26. The molecule has 2 heterocycles. The quantitative estimate of drug-likeness (QED) is 0.0634. The molecular formula is C26H22FN7O11. The van der Waals surface area contributed by atoms with Gasteiger partial charge in [0.05, 0.1) is 16.2 Å². The molecule has 45 heavy (non-hydrogen) atoms. The number of rotatable bonds is 10. The molecule has 0 fully saturated rings. The molecule has 1 unspecified atom stereocenters. The fourth-order valence-electron chi connectivity index (χ4n) is 3.48. The summed E-state index contributed by atoms with van der Waals surface area (Å²) < 4.78 is 34.7. The lowest BCUT2D eigenvalue weighted by molar-refractivity contribution is -0.385. The van der Waals surface area contributed by atoms with Gasteiger partial charge in [-0.25, -0.2) is 14.6 Å². The van der Waals surface area contributed by atoms with Crippen LogP contribution in [0.5, 0.6) is 11.5 Å². The van der Waals surface area contributed by atoms with Crippen molar-refractivity contribution in [3.05, 3.63) is 81.2 Å². The second-order valence-electron chi connectivity index (χ2n) is 8.59. The number of carboxylic acid groups (broad SMARTS) is 1. The number of methoxy groups -OCH3 is 1. The van der Waals surface area contributed by atoms with Crippen LogP contribution >= 0.6 is 0 Å². The topological polar surface area (TPSA) is 247 Å². The van der Waals surface area contributed by atoms with Crippen molar-refractivity contribution < 1.29 is 47.9 Å². The van der Waals surface area contributed by atoms with Gasteiger partial charge in [-0.05, 0) is 24.3 Å². The molecule has 4 aromatic rings. The number of nitro benzene ring substituents is 2. The minimum Gasteiger partial charge on any atom is -0.449 e. The van der Waals surface area contributed by atoms with Gasteiger partial charge >= 0.3 is 18.4 Å². The van der Waals surface area contributed by atoms with Gasteiger partial charge in [-0.15, -0.1) is 6.42 Å². The van der Waals surface area contributed by atoms with Gasteiger partial charge < -0.3 is 34.4 Å². The van der Waals surface area contributed by atoms with Crippen LogP contribution in [0.3, 0.4) is 0 Å². The van der Waals surface area contributed by atoms with E-state index in [2.05, 4.69) is 25.6 Å². The van der Waals surface area contributed by atoms with Gasteiger partial charge in [-0.2, -0.15) is 14.4 Å². The predicted octanol–water partition coefficient (Wildman–Crippen LogP) is 3.73. The summed E-state index contributed by atoms with van der Waals surface area (Å²) in [5.41, 5.74) is 4.45. The number of nitro groups is 2. The number of aryl methyl sites for hydroxylation is 1. The van der Waals surface area contributed by atoms with Crippen molar-refractivity contribution in [1.29, 1.82) is 0 Å². The average Bonchev–Trinajstić information content (AvgIpc) is 3.41. The zero-order valence-electron chi connectivity index (χ0n) is 23.1. The Labute approximate surface area is 251 Å². The summed E-state index contributed by atoms with van der Waals surface area (Å²) in [7, 11) is 1.34. The molecule has 0 saturated carbocycles. The molecular weight excluding hydrogens is 605 g/mol. The fourth-order valence-corrected chi connectivity index (χ4v) is 3.48. The summed E-state index contributed by atoms with van der Waals surface area (Å²) in [6, 6.07) is 9.62. The Morgan fingerprint density at radius 2 is 1.60 bits per heavy atom. The molecule has 0 spiro atoms. The first kappa shape index (κ1) is 33.1. The van der Waals surface area contributed by atoms with Crippen molar-refractivity contribution in [3.8, 4) is 23.8 Å². The minimum absolute atomic E-state index is 0.0495. The van der Waals surface area contributed by atoms with Crippen LogP contribution in [0.1, 0.15) is 6.42 Å². The van der Waals surface area contributed by atoms with Crippen molar-refractivity contribution in [2.24, 2.45) is 0 Å². The SMILES string of the molecule is C#CC(CCn1cnc2c(N)nc(F)nc21)(COC(=O)Oc1ccc([N+](=O)[O-])cc1)OC.O=C(O)Oc1ccc([N+](=O)[O-])cc1. The lowest BCUT2D eigenvalue weighted by atomic mass is 10.0. The summed E-state index contributed by atoms with van der Waals surface area (Å²) in [4.78, 5) is 52.9. The number of fused-ring (bicyclic) bond motifs is 1. The van der Waals surface area contributed by atoms with E-state index in [0.717, 1.165) is 12.1 Å². The van der Waals surface area contributed by atoms with Crippen LogP contribution in [0.15, 0.2) is 54.9 Å². The number of carbonyl (C=O) groups is 2. The van der Waals surface area contributed by atoms with Crippen molar-refractivity contribution in [1.82, 2.24) is 19.5 Å². The number of aromatic nitrogens is 4. The first-order chi connectivity index (χ1) is 21.4. The second kappa shape index (κ2) is 14.7. The van der Waals surface area contributed by atoms with Gasteiger partial charge in [0, 0.05) is 44.3 Å². The van der Waals surface area contributed by atoms with Crippen molar-refractivity contribution >= 4 is 40.7 Å². The smallest absolute Gasteiger partial charge is 0.449 e. The zero-order chi connectivity index (χ0) is 33.1. The number of anilines is 1. The van der Waals surface area contributed by atoms with E-state index >= 15 is 0 Å². The number of carbonyl (C=O) groups excluding carboxylic acids is 1. The maximum Gasteiger partial charge on any atom is 0.513 e. The summed E-state index contributed by atoms with van der Waals surface area (Å²) >= 11 is 0. The van der Waals surface area contributed by atoms with E-state index in [1.54, 1.807) is 0 Å². The number of imidazole rings is 1. The van der Waals surface area contributed by atoms with Crippen molar-refractivity contribution in [2.75, 3.05) is 19.5 Å². The monoisotopic (exact) mass is 627 g/mol. The number of non-ortho nitro benzene ring substituents is 2. The average molecular weight is 627 g/mol. The van der Waals surface area contributed by atoms with Gasteiger partial charge in [0.2, 0.25) is 0 Å². The van der Waals surface area contributed by atoms with E-state index in [9.17, 15) is 34.2 Å². The molecule has 19 heteroatoms. The third kappa shape index (κ3) is 9.03. The number of ether oxygens (including phenoxy) is 4. The van der Waals surface area contributed by atoms with Gasteiger partial charge in [0.15, 0.2) is 17.1 Å². The Bertz CT molecular complexity index is 1740. The van der Waals surface area contributed by atoms with Crippen molar-refractivity contribution in [3.63, 3.8) is 0 Å². The van der Waals surface area contributed by atoms with Crippen LogP contribution < -0.4 is 15.2 Å². The van der Waals surface area contributed by atoms with E-state index in [-0.39, 0.29) is 59.4 Å². The normalized spacial score (nSPS) is 11.7. The molecule has 0 amide bonds. The summed E-state index contributed by atoms with van der Waals surface area (Å²) in [6.45, 7) is -0.172. The number of nitrogen functional groups attached to an aromatic ring is 1. The van der Waals surface area contributed by atoms with E-state index in [1.165, 1.54) is 54.4 Å². The van der Waals surface area contributed by atoms with E-state index < -0.39 is 33.8 Å². The summed E-state index contributed by atoms with van der Waals surface area (Å²) in [5, 5.41) is 29.0. The van der Waals surface area contributed by atoms with Gasteiger partial charge in [-0.1, -0.05) is 5.92 Å². The van der Waals surface area contributed by atoms with Crippen LogP contribution in [-0.2, 0) is 16.0 Å². The Hall–Kier alpha value is -6.42. The molecule has 0 radical (unpaired) electrons. The number of nitrogens with two attached hydrogens (primary N) is 1. The second-order valence-corrected chi connectivity index (χ2v) is 8.59.